The van der Waals surface area contributed by atoms with E-state index in [1.165, 1.54) is 17.7 Å². The summed E-state index contributed by atoms with van der Waals surface area (Å²) < 4.78 is 11.7. The van der Waals surface area contributed by atoms with Crippen molar-refractivity contribution in [3.05, 3.63) is 41.1 Å². The minimum atomic E-state index is -0.665. The van der Waals surface area contributed by atoms with Crippen molar-refractivity contribution in [2.45, 2.75) is 65.3 Å². The second-order valence-corrected chi connectivity index (χ2v) is 11.0. The summed E-state index contributed by atoms with van der Waals surface area (Å²) in [6, 6.07) is 8.32. The Bertz CT molecular complexity index is 1210. The van der Waals surface area contributed by atoms with Crippen LogP contribution in [0.5, 0.6) is 0 Å². The first-order chi connectivity index (χ1) is 18.1. The highest BCUT2D eigenvalue weighted by atomic mass is 16.6. The van der Waals surface area contributed by atoms with E-state index in [1.807, 2.05) is 12.1 Å². The van der Waals surface area contributed by atoms with Crippen molar-refractivity contribution in [3.8, 4) is 0 Å². The van der Waals surface area contributed by atoms with E-state index in [9.17, 15) is 14.4 Å². The lowest BCUT2D eigenvalue weighted by molar-refractivity contribution is 0.0238. The number of nitrogens with zero attached hydrogens (tertiary/aromatic N) is 5. The highest BCUT2D eigenvalue weighted by Crippen LogP contribution is 2.32. The summed E-state index contributed by atoms with van der Waals surface area (Å²) in [6.07, 6.45) is 1.48. The molecule has 0 unspecified atom stereocenters. The van der Waals surface area contributed by atoms with Crippen LogP contribution < -0.4 is 10.2 Å². The van der Waals surface area contributed by atoms with Gasteiger partial charge in [0.2, 0.25) is 0 Å². The van der Waals surface area contributed by atoms with E-state index < -0.39 is 17.8 Å². The fourth-order valence-corrected chi connectivity index (χ4v) is 4.92. The Morgan fingerprint density at radius 3 is 2.29 bits per heavy atom. The van der Waals surface area contributed by atoms with Gasteiger partial charge in [-0.15, -0.1) is 5.10 Å². The van der Waals surface area contributed by atoms with Gasteiger partial charge < -0.3 is 19.7 Å². The van der Waals surface area contributed by atoms with Crippen molar-refractivity contribution in [1.82, 2.24) is 19.6 Å². The second-order valence-electron chi connectivity index (χ2n) is 11.0. The van der Waals surface area contributed by atoms with Gasteiger partial charge in [-0.2, -0.15) is 4.68 Å². The topological polar surface area (TPSA) is 109 Å². The summed E-state index contributed by atoms with van der Waals surface area (Å²) >= 11 is 0. The molecule has 1 aromatic heterocycles. The summed E-state index contributed by atoms with van der Waals surface area (Å²) in [7, 11) is 0. The van der Waals surface area contributed by atoms with Gasteiger partial charge in [-0.1, -0.05) is 0 Å². The van der Waals surface area contributed by atoms with E-state index in [0.717, 1.165) is 42.6 Å². The first-order valence-electron chi connectivity index (χ1n) is 13.3. The molecule has 1 saturated heterocycles. The molecule has 1 aromatic carbocycles. The number of benzene rings is 1. The Labute approximate surface area is 222 Å². The Morgan fingerprint density at radius 2 is 1.68 bits per heavy atom. The molecule has 5 rings (SSSR count). The molecule has 2 aromatic rings. The maximum atomic E-state index is 13.1. The number of fused-ring (bicyclic) bond motifs is 1. The molecule has 1 N–H and O–H groups in total. The number of nitrogens with one attached hydrogen (secondary N) is 1. The number of carbonyl (C=O) groups excluding carboxylic acids is 3. The largest absolute Gasteiger partial charge is 0.448 e. The van der Waals surface area contributed by atoms with Gasteiger partial charge in [0, 0.05) is 49.0 Å². The van der Waals surface area contributed by atoms with E-state index in [2.05, 4.69) is 20.2 Å². The Balaban J connectivity index is 1.28. The monoisotopic (exact) mass is 524 g/mol. The molecule has 3 heterocycles. The van der Waals surface area contributed by atoms with Gasteiger partial charge in [-0.3, -0.25) is 14.6 Å². The molecular weight excluding hydrogens is 488 g/mol. The van der Waals surface area contributed by atoms with Crippen LogP contribution in [0.1, 0.15) is 62.2 Å². The summed E-state index contributed by atoms with van der Waals surface area (Å²) in [4.78, 5) is 44.7. The lowest BCUT2D eigenvalue weighted by atomic mass is 10.1. The van der Waals surface area contributed by atoms with Crippen LogP contribution in [0, 0.1) is 0 Å². The molecule has 3 aliphatic rings. The van der Waals surface area contributed by atoms with E-state index in [4.69, 9.17) is 9.47 Å². The van der Waals surface area contributed by atoms with Crippen molar-refractivity contribution in [2.24, 2.45) is 0 Å². The number of carbonyl (C=O) groups is 3. The molecule has 11 nitrogen and oxygen atoms in total. The zero-order valence-electron chi connectivity index (χ0n) is 22.5. The van der Waals surface area contributed by atoms with Crippen molar-refractivity contribution < 1.29 is 23.9 Å². The van der Waals surface area contributed by atoms with Crippen molar-refractivity contribution in [3.63, 3.8) is 0 Å². The molecule has 1 saturated carbocycles. The molecule has 1 aliphatic carbocycles. The minimum Gasteiger partial charge on any atom is -0.448 e. The number of amides is 2. The van der Waals surface area contributed by atoms with Crippen LogP contribution in [0.15, 0.2) is 24.3 Å². The van der Waals surface area contributed by atoms with Gasteiger partial charge >= 0.3 is 12.2 Å². The lowest BCUT2D eigenvalue weighted by Crippen LogP contribution is -2.47. The van der Waals surface area contributed by atoms with Crippen LogP contribution in [0.2, 0.25) is 0 Å². The third-order valence-electron chi connectivity index (χ3n) is 6.98. The fraction of sp³-hybridized carbons (Fsp3) is 0.556. The molecule has 0 spiro atoms. The molecule has 11 heteroatoms. The minimum absolute atomic E-state index is 0.120. The third kappa shape index (κ3) is 5.62. The molecule has 2 fully saturated rings. The number of ether oxygens (including phenoxy) is 2. The molecule has 2 aliphatic heterocycles. The SMILES string of the molecule is CCOC(=O)n1nc(NC(=O)c2ccc(N3CCN(C4CC4)CC3)cc2)c2c1CN(C(=O)OC(C)(C)C)C2. The third-order valence-corrected chi connectivity index (χ3v) is 6.98. The molecule has 0 bridgehead atoms. The number of anilines is 2. The van der Waals surface area contributed by atoms with Gasteiger partial charge in [0.1, 0.15) is 5.60 Å². The molecular formula is C27H36N6O5. The van der Waals surface area contributed by atoms with Crippen LogP contribution in [0.25, 0.3) is 0 Å². The highest BCUT2D eigenvalue weighted by Gasteiger charge is 2.36. The first-order valence-corrected chi connectivity index (χ1v) is 13.3. The zero-order valence-corrected chi connectivity index (χ0v) is 22.5. The van der Waals surface area contributed by atoms with E-state index in [1.54, 1.807) is 39.8 Å². The molecule has 0 atom stereocenters. The Hall–Kier alpha value is -3.60. The van der Waals surface area contributed by atoms with Gasteiger partial charge in [-0.05, 0) is 64.8 Å². The number of hydrogen-bond acceptors (Lipinski definition) is 8. The number of piperazine rings is 1. The molecule has 0 radical (unpaired) electrons. The first kappa shape index (κ1) is 26.0. The highest BCUT2D eigenvalue weighted by molar-refractivity contribution is 6.04. The molecule has 2 amide bonds. The Morgan fingerprint density at radius 1 is 1.00 bits per heavy atom. The molecule has 38 heavy (non-hydrogen) atoms. The summed E-state index contributed by atoms with van der Waals surface area (Å²) in [5, 5.41) is 7.15. The molecule has 204 valence electrons. The number of aromatic nitrogens is 2. The average molecular weight is 525 g/mol. The predicted molar refractivity (Wildman–Crippen MR) is 141 cm³/mol. The van der Waals surface area contributed by atoms with Gasteiger partial charge in [-0.25, -0.2) is 9.59 Å². The van der Waals surface area contributed by atoms with Crippen molar-refractivity contribution >= 4 is 29.6 Å². The second kappa shape index (κ2) is 10.3. The van der Waals surface area contributed by atoms with Crippen molar-refractivity contribution in [2.75, 3.05) is 43.0 Å². The van der Waals surface area contributed by atoms with E-state index >= 15 is 0 Å². The van der Waals surface area contributed by atoms with E-state index in [0.29, 0.717) is 16.8 Å². The van der Waals surface area contributed by atoms with Gasteiger partial charge in [0.05, 0.1) is 25.4 Å². The van der Waals surface area contributed by atoms with Crippen LogP contribution in [0.3, 0.4) is 0 Å². The smallest absolute Gasteiger partial charge is 0.435 e. The number of rotatable bonds is 5. The quantitative estimate of drug-likeness (QED) is 0.631. The Kier molecular flexibility index (Phi) is 7.04. The van der Waals surface area contributed by atoms with E-state index in [-0.39, 0.29) is 31.4 Å². The summed E-state index contributed by atoms with van der Waals surface area (Å²) in [5.74, 6) is -0.119. The fourth-order valence-electron chi connectivity index (χ4n) is 4.92. The van der Waals surface area contributed by atoms with Gasteiger partial charge in [0.25, 0.3) is 5.91 Å². The zero-order chi connectivity index (χ0) is 27.0. The summed E-state index contributed by atoms with van der Waals surface area (Å²) in [5.41, 5.74) is 1.99. The summed E-state index contributed by atoms with van der Waals surface area (Å²) in [6.45, 7) is 11.6. The predicted octanol–water partition coefficient (Wildman–Crippen LogP) is 3.68. The number of hydrogen-bond donors (Lipinski definition) is 1. The van der Waals surface area contributed by atoms with Crippen LogP contribution in [-0.4, -0.2) is 82.1 Å². The van der Waals surface area contributed by atoms with Gasteiger partial charge in [0.15, 0.2) is 5.82 Å². The lowest BCUT2D eigenvalue weighted by Gasteiger charge is -2.36. The van der Waals surface area contributed by atoms with Crippen molar-refractivity contribution in [1.29, 1.82) is 0 Å². The standard InChI is InChI=1S/C27H36N6O5/c1-5-37-26(36)33-22-17-32(25(35)38-27(2,3)4)16-21(22)23(29-33)28-24(34)18-6-8-19(9-7-18)30-12-14-31(15-13-30)20-10-11-20/h6-9,20H,5,10-17H2,1-4H3,(H,28,29,34). The maximum absolute atomic E-state index is 13.1. The average Bonchev–Trinajstić information content (AvgIpc) is 3.55. The van der Waals surface area contributed by atoms with Crippen LogP contribution in [0.4, 0.5) is 21.1 Å². The van der Waals surface area contributed by atoms with Crippen LogP contribution in [-0.2, 0) is 22.6 Å². The van der Waals surface area contributed by atoms with Crippen LogP contribution >= 0.6 is 0 Å². The normalized spacial score (nSPS) is 17.8. The maximum Gasteiger partial charge on any atom is 0.435 e.